The van der Waals surface area contributed by atoms with Gasteiger partial charge in [-0.25, -0.2) is 4.79 Å². The third kappa shape index (κ3) is 2.85. The van der Waals surface area contributed by atoms with Crippen LogP contribution in [0.3, 0.4) is 0 Å². The summed E-state index contributed by atoms with van der Waals surface area (Å²) in [6.45, 7) is 7.96. The monoisotopic (exact) mass is 240 g/mol. The first-order valence-corrected chi connectivity index (χ1v) is 5.68. The van der Waals surface area contributed by atoms with Crippen LogP contribution < -0.4 is 0 Å². The molecule has 0 spiro atoms. The third-order valence-corrected chi connectivity index (χ3v) is 2.91. The fraction of sp³-hybridized carbons (Fsp3) is 0.667. The van der Waals surface area contributed by atoms with Crippen molar-refractivity contribution in [2.75, 3.05) is 7.11 Å². The van der Waals surface area contributed by atoms with Crippen LogP contribution in [-0.2, 0) is 16.0 Å². The molecule has 1 aromatic rings. The molecule has 17 heavy (non-hydrogen) atoms. The highest BCUT2D eigenvalue weighted by atomic mass is 16.5. The maximum Gasteiger partial charge on any atom is 0.333 e. The molecule has 0 amide bonds. The summed E-state index contributed by atoms with van der Waals surface area (Å²) in [4.78, 5) is 10.9. The fourth-order valence-corrected chi connectivity index (χ4v) is 1.95. The summed E-state index contributed by atoms with van der Waals surface area (Å²) >= 11 is 0. The average Bonchev–Trinajstić information content (AvgIpc) is 2.51. The molecule has 96 valence electrons. The molecule has 0 saturated carbocycles. The molecule has 1 atom stereocenters. The molecule has 0 aliphatic carbocycles. The van der Waals surface area contributed by atoms with Crippen molar-refractivity contribution >= 4 is 5.97 Å². The zero-order chi connectivity index (χ0) is 13.2. The van der Waals surface area contributed by atoms with Crippen molar-refractivity contribution in [3.05, 3.63) is 17.0 Å². The number of hydrogen-bond acceptors (Lipinski definition) is 3. The van der Waals surface area contributed by atoms with E-state index in [2.05, 4.69) is 5.10 Å². The molecule has 5 heteroatoms. The molecule has 1 aromatic heterocycles. The molecular weight excluding hydrogens is 220 g/mol. The lowest BCUT2D eigenvalue weighted by Crippen LogP contribution is -2.25. The van der Waals surface area contributed by atoms with Crippen molar-refractivity contribution in [1.82, 2.24) is 9.78 Å². The van der Waals surface area contributed by atoms with E-state index in [0.29, 0.717) is 6.42 Å². The number of aryl methyl sites for hydroxylation is 1. The van der Waals surface area contributed by atoms with E-state index in [1.807, 2.05) is 32.4 Å². The van der Waals surface area contributed by atoms with E-state index < -0.39 is 12.1 Å². The molecule has 1 N–H and O–H groups in total. The smallest absolute Gasteiger partial charge is 0.333 e. The molecule has 1 heterocycles. The zero-order valence-corrected chi connectivity index (χ0v) is 11.0. The van der Waals surface area contributed by atoms with Crippen molar-refractivity contribution < 1.29 is 14.6 Å². The van der Waals surface area contributed by atoms with E-state index in [1.54, 1.807) is 0 Å². The topological polar surface area (TPSA) is 64.4 Å². The highest BCUT2D eigenvalue weighted by molar-refractivity contribution is 5.72. The molecule has 1 rings (SSSR count). The van der Waals surface area contributed by atoms with Crippen molar-refractivity contribution in [3.63, 3.8) is 0 Å². The summed E-state index contributed by atoms with van der Waals surface area (Å²) in [6, 6.07) is 0.272. The van der Waals surface area contributed by atoms with Gasteiger partial charge >= 0.3 is 5.97 Å². The van der Waals surface area contributed by atoms with Gasteiger partial charge in [-0.15, -0.1) is 0 Å². The first-order chi connectivity index (χ1) is 7.88. The summed E-state index contributed by atoms with van der Waals surface area (Å²) in [5.74, 6) is -0.941. The number of ether oxygens (including phenoxy) is 1. The second-order valence-corrected chi connectivity index (χ2v) is 4.45. The van der Waals surface area contributed by atoms with E-state index in [-0.39, 0.29) is 6.04 Å². The molecule has 0 bridgehead atoms. The van der Waals surface area contributed by atoms with Crippen LogP contribution in [0.2, 0.25) is 0 Å². The van der Waals surface area contributed by atoms with Crippen molar-refractivity contribution in [2.45, 2.75) is 46.3 Å². The summed E-state index contributed by atoms with van der Waals surface area (Å²) in [6.07, 6.45) is -0.451. The predicted octanol–water partition coefficient (Wildman–Crippen LogP) is 1.72. The average molecular weight is 240 g/mol. The van der Waals surface area contributed by atoms with Crippen LogP contribution in [0.25, 0.3) is 0 Å². The molecule has 0 fully saturated rings. The van der Waals surface area contributed by atoms with Gasteiger partial charge in [0.1, 0.15) is 0 Å². The van der Waals surface area contributed by atoms with E-state index in [0.717, 1.165) is 17.0 Å². The standard InChI is InChI=1S/C12H20N2O3/c1-7(2)14-9(4)10(8(3)13-14)6-11(17-5)12(15)16/h7,11H,6H2,1-5H3,(H,15,16). The Bertz CT molecular complexity index is 410. The quantitative estimate of drug-likeness (QED) is 0.851. The van der Waals surface area contributed by atoms with Gasteiger partial charge in [0, 0.05) is 25.3 Å². The minimum absolute atomic E-state index is 0.272. The van der Waals surface area contributed by atoms with Gasteiger partial charge in [-0.3, -0.25) is 4.68 Å². The van der Waals surface area contributed by atoms with Crippen LogP contribution in [0.15, 0.2) is 0 Å². The number of hydrogen-bond donors (Lipinski definition) is 1. The van der Waals surface area contributed by atoms with Gasteiger partial charge in [-0.05, 0) is 33.3 Å². The van der Waals surface area contributed by atoms with E-state index in [1.165, 1.54) is 7.11 Å². The van der Waals surface area contributed by atoms with Crippen LogP contribution in [0.5, 0.6) is 0 Å². The Kier molecular flexibility index (Phi) is 4.28. The van der Waals surface area contributed by atoms with Crippen LogP contribution in [-0.4, -0.2) is 34.1 Å². The molecule has 1 unspecified atom stereocenters. The second-order valence-electron chi connectivity index (χ2n) is 4.45. The number of rotatable bonds is 5. The van der Waals surface area contributed by atoms with Gasteiger partial charge in [-0.1, -0.05) is 0 Å². The Hall–Kier alpha value is -1.36. The minimum Gasteiger partial charge on any atom is -0.479 e. The molecule has 0 saturated heterocycles. The van der Waals surface area contributed by atoms with Gasteiger partial charge in [0.25, 0.3) is 0 Å². The van der Waals surface area contributed by atoms with Crippen LogP contribution in [0.4, 0.5) is 0 Å². The van der Waals surface area contributed by atoms with E-state index >= 15 is 0 Å². The largest absolute Gasteiger partial charge is 0.479 e. The van der Waals surface area contributed by atoms with E-state index in [4.69, 9.17) is 9.84 Å². The molecule has 0 aliphatic rings. The van der Waals surface area contributed by atoms with Crippen LogP contribution in [0, 0.1) is 13.8 Å². The van der Waals surface area contributed by atoms with Gasteiger partial charge in [0.15, 0.2) is 6.10 Å². The summed E-state index contributed by atoms with van der Waals surface area (Å²) in [5.41, 5.74) is 2.85. The molecular formula is C12H20N2O3. The number of carbonyl (C=O) groups is 1. The molecule has 0 aliphatic heterocycles. The number of carboxylic acid groups (broad SMARTS) is 1. The second kappa shape index (κ2) is 5.31. The first-order valence-electron chi connectivity index (χ1n) is 5.68. The summed E-state index contributed by atoms with van der Waals surface area (Å²) in [7, 11) is 1.41. The number of nitrogens with zero attached hydrogens (tertiary/aromatic N) is 2. The minimum atomic E-state index is -0.941. The highest BCUT2D eigenvalue weighted by Gasteiger charge is 2.22. The SMILES string of the molecule is COC(Cc1c(C)nn(C(C)C)c1C)C(=O)O. The van der Waals surface area contributed by atoms with Crippen LogP contribution >= 0.6 is 0 Å². The number of aromatic nitrogens is 2. The fourth-order valence-electron chi connectivity index (χ4n) is 1.95. The molecule has 0 radical (unpaired) electrons. The summed E-state index contributed by atoms with van der Waals surface area (Å²) in [5, 5.41) is 13.4. The normalized spacial score (nSPS) is 13.1. The number of carboxylic acids is 1. The lowest BCUT2D eigenvalue weighted by molar-refractivity contribution is -0.148. The van der Waals surface area contributed by atoms with Crippen molar-refractivity contribution in [3.8, 4) is 0 Å². The van der Waals surface area contributed by atoms with E-state index in [9.17, 15) is 4.79 Å². The molecule has 5 nitrogen and oxygen atoms in total. The Morgan fingerprint density at radius 2 is 2.06 bits per heavy atom. The van der Waals surface area contributed by atoms with Crippen molar-refractivity contribution in [1.29, 1.82) is 0 Å². The Morgan fingerprint density at radius 3 is 2.41 bits per heavy atom. The number of aliphatic carboxylic acids is 1. The van der Waals surface area contributed by atoms with Crippen LogP contribution in [0.1, 0.15) is 36.8 Å². The van der Waals surface area contributed by atoms with Crippen molar-refractivity contribution in [2.24, 2.45) is 0 Å². The Morgan fingerprint density at radius 1 is 1.47 bits per heavy atom. The summed E-state index contributed by atoms with van der Waals surface area (Å²) < 4.78 is 6.87. The maximum absolute atomic E-state index is 10.9. The lowest BCUT2D eigenvalue weighted by atomic mass is 10.1. The predicted molar refractivity (Wildman–Crippen MR) is 64.2 cm³/mol. The third-order valence-electron chi connectivity index (χ3n) is 2.91. The van der Waals surface area contributed by atoms with Gasteiger partial charge in [0.2, 0.25) is 0 Å². The molecule has 0 aromatic carbocycles. The first kappa shape index (κ1) is 13.7. The van der Waals surface area contributed by atoms with Gasteiger partial charge in [0.05, 0.1) is 5.69 Å². The highest BCUT2D eigenvalue weighted by Crippen LogP contribution is 2.19. The zero-order valence-electron chi connectivity index (χ0n) is 11.0. The maximum atomic E-state index is 10.9. The van der Waals surface area contributed by atoms with Gasteiger partial charge in [-0.2, -0.15) is 5.10 Å². The lowest BCUT2D eigenvalue weighted by Gasteiger charge is -2.12. The Labute approximate surface area is 101 Å². The number of methoxy groups -OCH3 is 1. The van der Waals surface area contributed by atoms with Gasteiger partial charge < -0.3 is 9.84 Å². The Balaban J connectivity index is 3.02.